The standard InChI is InChI=1S/C14H10O4.2Li/c15-13(16)11-8-4-7-10(12(11)14(17)18)9-5-2-1-3-6-9;;/h1-8H,(H,15,16)(H,17,18);;/q;2*+1/p-2. The van der Waals surface area contributed by atoms with Crippen LogP contribution in [-0.4, -0.2) is 11.9 Å². The van der Waals surface area contributed by atoms with Crippen molar-refractivity contribution in [3.8, 4) is 11.1 Å². The van der Waals surface area contributed by atoms with E-state index in [0.717, 1.165) is 0 Å². The number of carbonyl (C=O) groups excluding carboxylic acids is 2. The first-order valence-electron chi connectivity index (χ1n) is 5.22. The van der Waals surface area contributed by atoms with Crippen LogP contribution < -0.4 is 47.9 Å². The number of benzene rings is 2. The minimum Gasteiger partial charge on any atom is -0.545 e. The van der Waals surface area contributed by atoms with E-state index in [9.17, 15) is 19.8 Å². The van der Waals surface area contributed by atoms with Gasteiger partial charge in [0.05, 0.1) is 11.9 Å². The molecule has 0 spiro atoms. The van der Waals surface area contributed by atoms with E-state index in [0.29, 0.717) is 11.1 Å². The van der Waals surface area contributed by atoms with Crippen molar-refractivity contribution in [2.24, 2.45) is 0 Å². The summed E-state index contributed by atoms with van der Waals surface area (Å²) >= 11 is 0. The van der Waals surface area contributed by atoms with Crippen molar-refractivity contribution in [3.63, 3.8) is 0 Å². The van der Waals surface area contributed by atoms with E-state index >= 15 is 0 Å². The number of hydrogen-bond acceptors (Lipinski definition) is 4. The molecule has 0 heterocycles. The van der Waals surface area contributed by atoms with E-state index in [4.69, 9.17) is 0 Å². The molecule has 0 unspecified atom stereocenters. The molecule has 0 radical (unpaired) electrons. The summed E-state index contributed by atoms with van der Waals surface area (Å²) in [5.41, 5.74) is 0.178. The van der Waals surface area contributed by atoms with Crippen LogP contribution in [0, 0.1) is 0 Å². The van der Waals surface area contributed by atoms with Gasteiger partial charge in [-0.1, -0.05) is 48.5 Å². The van der Waals surface area contributed by atoms with Crippen LogP contribution in [0.15, 0.2) is 48.5 Å². The molecule has 6 heteroatoms. The molecule has 0 amide bonds. The molecule has 0 aromatic heterocycles. The minimum atomic E-state index is -1.54. The molecule has 2 aromatic carbocycles. The van der Waals surface area contributed by atoms with Gasteiger partial charge in [-0.05, 0) is 11.1 Å². The Kier molecular flexibility index (Phi) is 7.43. The molecule has 0 saturated heterocycles. The summed E-state index contributed by atoms with van der Waals surface area (Å²) in [6.45, 7) is 0. The van der Waals surface area contributed by atoms with Gasteiger partial charge in [0.1, 0.15) is 0 Å². The molecule has 0 aliphatic rings. The predicted octanol–water partition coefficient (Wildman–Crippen LogP) is -5.91. The third kappa shape index (κ3) is 3.79. The maximum atomic E-state index is 11.1. The van der Waals surface area contributed by atoms with E-state index in [1.165, 1.54) is 18.2 Å². The van der Waals surface area contributed by atoms with Crippen LogP contribution in [0.25, 0.3) is 11.1 Å². The number of carboxylic acid groups (broad SMARTS) is 2. The second-order valence-electron chi connectivity index (χ2n) is 3.67. The summed E-state index contributed by atoms with van der Waals surface area (Å²) in [6.07, 6.45) is 0. The van der Waals surface area contributed by atoms with Crippen molar-refractivity contribution >= 4 is 11.9 Å². The molecule has 0 aliphatic carbocycles. The van der Waals surface area contributed by atoms with E-state index < -0.39 is 11.9 Å². The molecule has 20 heavy (non-hydrogen) atoms. The van der Waals surface area contributed by atoms with Crippen molar-refractivity contribution < 1.29 is 57.5 Å². The molecular weight excluding hydrogens is 246 g/mol. The maximum Gasteiger partial charge on any atom is 1.00 e. The molecule has 0 N–H and O–H groups in total. The van der Waals surface area contributed by atoms with Gasteiger partial charge in [0, 0.05) is 11.1 Å². The zero-order valence-corrected chi connectivity index (χ0v) is 11.3. The summed E-state index contributed by atoms with van der Waals surface area (Å²) in [5, 5.41) is 22.0. The first-order valence-corrected chi connectivity index (χ1v) is 5.22. The van der Waals surface area contributed by atoms with E-state index in [1.807, 2.05) is 0 Å². The number of carbonyl (C=O) groups is 2. The van der Waals surface area contributed by atoms with Crippen LogP contribution in [0.3, 0.4) is 0 Å². The van der Waals surface area contributed by atoms with Gasteiger partial charge in [0.15, 0.2) is 0 Å². The Balaban J connectivity index is 0.00000180. The van der Waals surface area contributed by atoms with E-state index in [-0.39, 0.29) is 48.8 Å². The summed E-state index contributed by atoms with van der Waals surface area (Å²) in [4.78, 5) is 22.0. The van der Waals surface area contributed by atoms with Crippen molar-refractivity contribution in [2.45, 2.75) is 0 Å². The molecule has 2 aromatic rings. The normalized spacial score (nSPS) is 9.00. The Labute approximate surface area is 140 Å². The molecule has 4 nitrogen and oxygen atoms in total. The average Bonchev–Trinajstić information content (AvgIpc) is 2.38. The van der Waals surface area contributed by atoms with Crippen molar-refractivity contribution in [1.29, 1.82) is 0 Å². The molecule has 0 fully saturated rings. The summed E-state index contributed by atoms with van der Waals surface area (Å²) in [5.74, 6) is -3.07. The number of carboxylic acids is 2. The van der Waals surface area contributed by atoms with Gasteiger partial charge in [0.25, 0.3) is 0 Å². The van der Waals surface area contributed by atoms with Gasteiger partial charge >= 0.3 is 37.7 Å². The van der Waals surface area contributed by atoms with Crippen LogP contribution in [0.2, 0.25) is 0 Å². The van der Waals surface area contributed by atoms with Gasteiger partial charge in [0.2, 0.25) is 0 Å². The van der Waals surface area contributed by atoms with Gasteiger partial charge in [-0.25, -0.2) is 0 Å². The molecular formula is C14H8Li2O4. The summed E-state index contributed by atoms with van der Waals surface area (Å²) in [7, 11) is 0. The summed E-state index contributed by atoms with van der Waals surface area (Å²) < 4.78 is 0. The zero-order valence-electron chi connectivity index (χ0n) is 11.3. The van der Waals surface area contributed by atoms with E-state index in [1.54, 1.807) is 30.3 Å². The quantitative estimate of drug-likeness (QED) is 0.511. The van der Waals surface area contributed by atoms with Crippen molar-refractivity contribution in [1.82, 2.24) is 0 Å². The van der Waals surface area contributed by atoms with Crippen LogP contribution in [-0.2, 0) is 0 Å². The Morgan fingerprint density at radius 2 is 1.35 bits per heavy atom. The first kappa shape index (κ1) is 18.6. The molecule has 0 atom stereocenters. The van der Waals surface area contributed by atoms with Crippen LogP contribution in [0.5, 0.6) is 0 Å². The second kappa shape index (κ2) is 7.99. The Morgan fingerprint density at radius 3 is 1.85 bits per heavy atom. The smallest absolute Gasteiger partial charge is 0.545 e. The largest absolute Gasteiger partial charge is 1.00 e. The van der Waals surface area contributed by atoms with Crippen LogP contribution >= 0.6 is 0 Å². The van der Waals surface area contributed by atoms with Gasteiger partial charge in [-0.2, -0.15) is 0 Å². The van der Waals surface area contributed by atoms with Crippen molar-refractivity contribution in [2.75, 3.05) is 0 Å². The molecule has 90 valence electrons. The molecule has 0 saturated carbocycles. The Hall–Kier alpha value is -1.43. The van der Waals surface area contributed by atoms with Crippen LogP contribution in [0.1, 0.15) is 20.7 Å². The summed E-state index contributed by atoms with van der Waals surface area (Å²) in [6, 6.07) is 12.8. The second-order valence-corrected chi connectivity index (χ2v) is 3.67. The third-order valence-electron chi connectivity index (χ3n) is 2.57. The van der Waals surface area contributed by atoms with Crippen LogP contribution in [0.4, 0.5) is 0 Å². The fraction of sp³-hybridized carbons (Fsp3) is 0. The number of aromatic carboxylic acids is 2. The number of hydrogen-bond donors (Lipinski definition) is 0. The Bertz CT molecular complexity index is 612. The number of rotatable bonds is 3. The van der Waals surface area contributed by atoms with Gasteiger partial charge in [-0.15, -0.1) is 0 Å². The predicted molar refractivity (Wildman–Crippen MR) is 60.5 cm³/mol. The maximum absolute atomic E-state index is 11.1. The molecule has 2 rings (SSSR count). The fourth-order valence-electron chi connectivity index (χ4n) is 1.80. The minimum absolute atomic E-state index is 0. The monoisotopic (exact) mass is 254 g/mol. The van der Waals surface area contributed by atoms with Gasteiger partial charge < -0.3 is 19.8 Å². The first-order chi connectivity index (χ1) is 8.61. The van der Waals surface area contributed by atoms with E-state index in [2.05, 4.69) is 0 Å². The van der Waals surface area contributed by atoms with Gasteiger partial charge in [-0.3, -0.25) is 0 Å². The third-order valence-corrected chi connectivity index (χ3v) is 2.57. The SMILES string of the molecule is O=C([O-])c1cccc(-c2ccccc2)c1C(=O)[O-].[Li+].[Li+]. The topological polar surface area (TPSA) is 80.3 Å². The average molecular weight is 254 g/mol. The van der Waals surface area contributed by atoms with Crippen molar-refractivity contribution in [3.05, 3.63) is 59.7 Å². The molecule has 0 bridgehead atoms. The Morgan fingerprint density at radius 1 is 0.750 bits per heavy atom. The zero-order chi connectivity index (χ0) is 13.1. The molecule has 0 aliphatic heterocycles. The fourth-order valence-corrected chi connectivity index (χ4v) is 1.80.